The van der Waals surface area contributed by atoms with E-state index in [1.54, 1.807) is 0 Å². The third kappa shape index (κ3) is 7.43. The van der Waals surface area contributed by atoms with Crippen LogP contribution in [-0.4, -0.2) is 13.2 Å². The molecule has 0 N–H and O–H groups in total. The Bertz CT molecular complexity index is 3940. The van der Waals surface area contributed by atoms with Gasteiger partial charge in [-0.25, -0.2) is 0 Å². The van der Waals surface area contributed by atoms with Gasteiger partial charge in [0.15, 0.2) is 0 Å². The number of hydrogen-bond donors (Lipinski definition) is 0. The maximum atomic E-state index is 6.09. The first-order valence-corrected chi connectivity index (χ1v) is 26.2. The fourth-order valence-corrected chi connectivity index (χ4v) is 11.7. The summed E-state index contributed by atoms with van der Waals surface area (Å²) >= 11 is 0. The molecule has 0 fully saturated rings. The normalized spacial score (nSPS) is 11.7. The summed E-state index contributed by atoms with van der Waals surface area (Å²) in [6.45, 7) is 9.95. The largest absolute Gasteiger partial charge is 0.494 e. The standard InChI is InChI=1S/C70H56N2O2/c1-5-43-73-53-35-31-51(32-36-53)72(52-33-37-54(38-34-52)74-44-6-2)62-42-40-60-66-56(62)20-14-22-58(66)68-64(48-17-11-8-12-18-48)69-59-39-41-61(71(49-27-23-45(3)24-28-49)50-29-25-46(4)26-30-50)55-19-13-21-57(65(55)59)67(69)63(70(60)68)47-15-9-7-10-16-47/h7-42H,5-6,43-44H2,1-4H3. The predicted molar refractivity (Wildman–Crippen MR) is 315 cm³/mol. The van der Waals surface area contributed by atoms with Crippen LogP contribution in [0.25, 0.3) is 86.9 Å². The van der Waals surface area contributed by atoms with Crippen LogP contribution in [0.4, 0.5) is 34.1 Å². The van der Waals surface area contributed by atoms with Crippen LogP contribution >= 0.6 is 0 Å². The minimum Gasteiger partial charge on any atom is -0.494 e. The minimum absolute atomic E-state index is 0.680. The van der Waals surface area contributed by atoms with E-state index in [1.807, 2.05) is 0 Å². The second-order valence-corrected chi connectivity index (χ2v) is 19.7. The van der Waals surface area contributed by atoms with Crippen molar-refractivity contribution in [3.05, 3.63) is 230 Å². The van der Waals surface area contributed by atoms with Crippen molar-refractivity contribution in [2.24, 2.45) is 0 Å². The third-order valence-corrected chi connectivity index (χ3v) is 14.9. The maximum Gasteiger partial charge on any atom is 0.119 e. The quantitative estimate of drug-likeness (QED) is 0.108. The first-order valence-electron chi connectivity index (χ1n) is 26.2. The highest BCUT2D eigenvalue weighted by Crippen LogP contribution is 2.57. The Morgan fingerprint density at radius 3 is 0.973 bits per heavy atom. The van der Waals surface area contributed by atoms with Gasteiger partial charge in [-0.15, -0.1) is 0 Å². The molecule has 0 spiro atoms. The second-order valence-electron chi connectivity index (χ2n) is 19.7. The molecule has 0 aliphatic rings. The molecule has 0 saturated carbocycles. The van der Waals surface area contributed by atoms with Crippen molar-refractivity contribution in [3.63, 3.8) is 0 Å². The summed E-state index contributed by atoms with van der Waals surface area (Å²) in [5.74, 6) is 1.74. The molecule has 13 aromatic rings. The maximum absolute atomic E-state index is 6.09. The van der Waals surface area contributed by atoms with Crippen molar-refractivity contribution < 1.29 is 9.47 Å². The molecule has 0 aliphatic heterocycles. The number of anilines is 6. The summed E-state index contributed by atoms with van der Waals surface area (Å²) in [5.41, 5.74) is 14.0. The molecular formula is C70H56N2O2. The minimum atomic E-state index is 0.680. The van der Waals surface area contributed by atoms with Gasteiger partial charge < -0.3 is 19.3 Å². The highest BCUT2D eigenvalue weighted by Gasteiger charge is 2.30. The van der Waals surface area contributed by atoms with Gasteiger partial charge in [-0.2, -0.15) is 0 Å². The van der Waals surface area contributed by atoms with Crippen molar-refractivity contribution in [2.45, 2.75) is 40.5 Å². The zero-order valence-electron chi connectivity index (χ0n) is 42.3. The highest BCUT2D eigenvalue weighted by atomic mass is 16.5. The van der Waals surface area contributed by atoms with Gasteiger partial charge in [-0.1, -0.05) is 158 Å². The highest BCUT2D eigenvalue weighted by molar-refractivity contribution is 6.47. The van der Waals surface area contributed by atoms with E-state index in [0.717, 1.165) is 58.5 Å². The fraction of sp³-hybridized carbons (Fsp3) is 0.114. The Morgan fingerprint density at radius 1 is 0.297 bits per heavy atom. The molecule has 0 saturated heterocycles. The Balaban J connectivity index is 1.13. The topological polar surface area (TPSA) is 24.9 Å². The second kappa shape index (κ2) is 18.6. The van der Waals surface area contributed by atoms with Gasteiger partial charge in [0.25, 0.3) is 0 Å². The van der Waals surface area contributed by atoms with Crippen LogP contribution in [0.15, 0.2) is 218 Å². The number of aryl methyl sites for hydroxylation is 2. The van der Waals surface area contributed by atoms with E-state index in [2.05, 4.69) is 256 Å². The van der Waals surface area contributed by atoms with Crippen molar-refractivity contribution in [1.29, 1.82) is 0 Å². The summed E-state index contributed by atoms with van der Waals surface area (Å²) in [4.78, 5) is 4.82. The van der Waals surface area contributed by atoms with E-state index in [9.17, 15) is 0 Å². The van der Waals surface area contributed by atoms with E-state index in [4.69, 9.17) is 9.47 Å². The fourth-order valence-electron chi connectivity index (χ4n) is 11.7. The first kappa shape index (κ1) is 45.0. The number of rotatable bonds is 14. The molecule has 13 aromatic carbocycles. The summed E-state index contributed by atoms with van der Waals surface area (Å²) in [6.07, 6.45) is 1.91. The van der Waals surface area contributed by atoms with E-state index in [1.165, 1.54) is 98.0 Å². The molecule has 0 radical (unpaired) electrons. The lowest BCUT2D eigenvalue weighted by atomic mass is 9.87. The Kier molecular flexibility index (Phi) is 11.3. The number of benzene rings is 11. The predicted octanol–water partition coefficient (Wildman–Crippen LogP) is 19.9. The molecular weight excluding hydrogens is 901 g/mol. The zero-order valence-corrected chi connectivity index (χ0v) is 42.3. The Hall–Kier alpha value is -8.86. The molecule has 0 aromatic heterocycles. The van der Waals surface area contributed by atoms with Crippen LogP contribution < -0.4 is 19.3 Å². The average Bonchev–Trinajstić information content (AvgIpc) is 3.98. The molecule has 4 heteroatoms. The van der Waals surface area contributed by atoms with E-state index in [-0.39, 0.29) is 0 Å². The summed E-state index contributed by atoms with van der Waals surface area (Å²) in [7, 11) is 0. The van der Waals surface area contributed by atoms with E-state index < -0.39 is 0 Å². The van der Waals surface area contributed by atoms with E-state index >= 15 is 0 Å². The van der Waals surface area contributed by atoms with Crippen molar-refractivity contribution >= 4 is 98.8 Å². The number of hydrogen-bond acceptors (Lipinski definition) is 4. The van der Waals surface area contributed by atoms with Gasteiger partial charge in [0.05, 0.1) is 24.6 Å². The lowest BCUT2D eigenvalue weighted by Gasteiger charge is -2.27. The SMILES string of the molecule is CCCOc1ccc(N(c2ccc(OCCC)cc2)c2ccc3c4c(-c5ccccc5)c5c6cccc7c(N(c8ccc(C)cc8)c8ccc(C)cc8)ccc(c5c(-c5ccccc5)c4c4cccc2c43)c76)cc1. The van der Waals surface area contributed by atoms with Crippen LogP contribution in [0.1, 0.15) is 37.8 Å². The van der Waals surface area contributed by atoms with Crippen LogP contribution in [-0.2, 0) is 0 Å². The van der Waals surface area contributed by atoms with Crippen LogP contribution in [0.3, 0.4) is 0 Å². The van der Waals surface area contributed by atoms with Gasteiger partial charge in [0.1, 0.15) is 11.5 Å². The number of nitrogens with zero attached hydrogens (tertiary/aromatic N) is 2. The number of fused-ring (bicyclic) bond motifs is 6. The Morgan fingerprint density at radius 2 is 0.622 bits per heavy atom. The van der Waals surface area contributed by atoms with Gasteiger partial charge in [0, 0.05) is 33.5 Å². The zero-order chi connectivity index (χ0) is 49.9. The summed E-state index contributed by atoms with van der Waals surface area (Å²) in [5, 5.41) is 15.1. The molecule has 0 bridgehead atoms. The summed E-state index contributed by atoms with van der Waals surface area (Å²) < 4.78 is 12.2. The van der Waals surface area contributed by atoms with Crippen LogP contribution in [0, 0.1) is 13.8 Å². The molecule has 4 nitrogen and oxygen atoms in total. The van der Waals surface area contributed by atoms with E-state index in [0.29, 0.717) is 13.2 Å². The van der Waals surface area contributed by atoms with Crippen molar-refractivity contribution in [2.75, 3.05) is 23.0 Å². The molecule has 74 heavy (non-hydrogen) atoms. The molecule has 0 atom stereocenters. The third-order valence-electron chi connectivity index (χ3n) is 14.9. The summed E-state index contributed by atoms with van der Waals surface area (Å²) in [6, 6.07) is 80.6. The molecule has 0 aliphatic carbocycles. The molecule has 358 valence electrons. The van der Waals surface area contributed by atoms with Gasteiger partial charge in [-0.05, 0) is 188 Å². The Labute approximate surface area is 432 Å². The van der Waals surface area contributed by atoms with Gasteiger partial charge >= 0.3 is 0 Å². The average molecular weight is 957 g/mol. The molecule has 0 amide bonds. The van der Waals surface area contributed by atoms with Crippen molar-refractivity contribution in [3.8, 4) is 33.8 Å². The lowest BCUT2D eigenvalue weighted by Crippen LogP contribution is -2.10. The number of ether oxygens (including phenoxy) is 2. The molecule has 13 rings (SSSR count). The monoisotopic (exact) mass is 956 g/mol. The van der Waals surface area contributed by atoms with Gasteiger partial charge in [-0.3, -0.25) is 0 Å². The van der Waals surface area contributed by atoms with Crippen LogP contribution in [0.5, 0.6) is 11.5 Å². The smallest absolute Gasteiger partial charge is 0.119 e. The molecule has 0 heterocycles. The first-order chi connectivity index (χ1) is 36.5. The van der Waals surface area contributed by atoms with Gasteiger partial charge in [0.2, 0.25) is 0 Å². The van der Waals surface area contributed by atoms with Crippen molar-refractivity contribution in [1.82, 2.24) is 0 Å². The lowest BCUT2D eigenvalue weighted by molar-refractivity contribution is 0.317. The van der Waals surface area contributed by atoms with Crippen LogP contribution in [0.2, 0.25) is 0 Å². The molecule has 0 unspecified atom stereocenters.